The second-order valence-electron chi connectivity index (χ2n) is 8.46. The first-order valence-corrected chi connectivity index (χ1v) is 12.6. The lowest BCUT2D eigenvalue weighted by atomic mass is 10.2. The number of ether oxygens (including phenoxy) is 4. The maximum Gasteiger partial charge on any atom is 0.343 e. The van der Waals surface area contributed by atoms with Crippen LogP contribution in [0.1, 0.15) is 58.9 Å². The summed E-state index contributed by atoms with van der Waals surface area (Å²) in [6, 6.07) is 20.3. The molecule has 0 saturated carbocycles. The van der Waals surface area contributed by atoms with Crippen LogP contribution in [0.25, 0.3) is 0 Å². The van der Waals surface area contributed by atoms with Crippen LogP contribution in [-0.2, 0) is 16.0 Å². The normalized spacial score (nSPS) is 10.3. The van der Waals surface area contributed by atoms with Crippen molar-refractivity contribution in [3.05, 3.63) is 102 Å². The van der Waals surface area contributed by atoms with Crippen LogP contribution in [0, 0.1) is 0 Å². The summed E-state index contributed by atoms with van der Waals surface area (Å²) in [6.07, 6.45) is 5.63. The van der Waals surface area contributed by atoms with Crippen LogP contribution < -0.4 is 14.2 Å². The van der Waals surface area contributed by atoms with E-state index in [-0.39, 0.29) is 0 Å². The van der Waals surface area contributed by atoms with Crippen LogP contribution in [0.15, 0.2) is 85.5 Å². The molecule has 0 amide bonds. The lowest BCUT2D eigenvalue weighted by Crippen LogP contribution is -2.10. The number of aryl methyl sites for hydroxylation is 1. The zero-order valence-corrected chi connectivity index (χ0v) is 21.5. The number of benzene rings is 3. The lowest BCUT2D eigenvalue weighted by molar-refractivity contribution is -0.137. The van der Waals surface area contributed by atoms with Crippen LogP contribution in [0.3, 0.4) is 0 Å². The van der Waals surface area contributed by atoms with E-state index in [0.29, 0.717) is 41.6 Å². The van der Waals surface area contributed by atoms with Crippen LogP contribution in [-0.4, -0.2) is 31.1 Å². The Balaban J connectivity index is 1.38. The Morgan fingerprint density at radius 2 is 1.13 bits per heavy atom. The Morgan fingerprint density at radius 1 is 0.658 bits per heavy atom. The summed E-state index contributed by atoms with van der Waals surface area (Å²) in [4.78, 5) is 35.8. The highest BCUT2D eigenvalue weighted by Gasteiger charge is 2.12. The molecule has 0 aliphatic rings. The van der Waals surface area contributed by atoms with Gasteiger partial charge in [-0.15, -0.1) is 0 Å². The lowest BCUT2D eigenvalue weighted by Gasteiger charge is -2.08. The summed E-state index contributed by atoms with van der Waals surface area (Å²) >= 11 is 0. The Morgan fingerprint density at radius 3 is 1.63 bits per heavy atom. The first-order chi connectivity index (χ1) is 18.5. The maximum atomic E-state index is 12.5. The SMILES string of the molecule is C=CC(=O)OCCCCCCOc1ccc(C(=O)Oc2ccc(C(=O)Oc3ccc(CC)cc3)cc2)cc1. The predicted octanol–water partition coefficient (Wildman–Crippen LogP) is 6.36. The van der Waals surface area contributed by atoms with Gasteiger partial charge in [0.05, 0.1) is 24.3 Å². The van der Waals surface area contributed by atoms with E-state index in [1.54, 1.807) is 60.7 Å². The van der Waals surface area contributed by atoms with Gasteiger partial charge >= 0.3 is 17.9 Å². The van der Waals surface area contributed by atoms with Gasteiger partial charge in [0.1, 0.15) is 17.2 Å². The van der Waals surface area contributed by atoms with Gasteiger partial charge in [-0.1, -0.05) is 25.6 Å². The molecule has 3 rings (SSSR count). The van der Waals surface area contributed by atoms with Gasteiger partial charge in [-0.3, -0.25) is 0 Å². The van der Waals surface area contributed by atoms with E-state index in [2.05, 4.69) is 13.5 Å². The van der Waals surface area contributed by atoms with Crippen LogP contribution in [0.5, 0.6) is 17.2 Å². The smallest absolute Gasteiger partial charge is 0.343 e. The van der Waals surface area contributed by atoms with Crippen molar-refractivity contribution < 1.29 is 33.3 Å². The molecule has 0 atom stereocenters. The minimum atomic E-state index is -0.514. The summed E-state index contributed by atoms with van der Waals surface area (Å²) in [6.45, 7) is 6.36. The van der Waals surface area contributed by atoms with E-state index < -0.39 is 17.9 Å². The van der Waals surface area contributed by atoms with Gasteiger partial charge in [-0.25, -0.2) is 14.4 Å². The average Bonchev–Trinajstić information content (AvgIpc) is 2.95. The molecule has 7 nitrogen and oxygen atoms in total. The molecule has 3 aromatic carbocycles. The van der Waals surface area contributed by atoms with Gasteiger partial charge in [0.25, 0.3) is 0 Å². The summed E-state index contributed by atoms with van der Waals surface area (Å²) in [5.74, 6) is 0.0489. The molecule has 0 bridgehead atoms. The van der Waals surface area contributed by atoms with Crippen molar-refractivity contribution in [2.75, 3.05) is 13.2 Å². The Bertz CT molecular complexity index is 1200. The molecule has 0 saturated heterocycles. The Hall–Kier alpha value is -4.39. The van der Waals surface area contributed by atoms with Gasteiger partial charge in [0, 0.05) is 6.08 Å². The molecule has 0 heterocycles. The number of carbonyl (C=O) groups excluding carboxylic acids is 3. The van der Waals surface area contributed by atoms with Crippen molar-refractivity contribution in [1.82, 2.24) is 0 Å². The van der Waals surface area contributed by atoms with Gasteiger partial charge < -0.3 is 18.9 Å². The van der Waals surface area contributed by atoms with E-state index in [9.17, 15) is 14.4 Å². The molecule has 0 fully saturated rings. The summed E-state index contributed by atoms with van der Waals surface area (Å²) in [5.41, 5.74) is 1.89. The fourth-order valence-electron chi connectivity index (χ4n) is 3.45. The van der Waals surface area contributed by atoms with Gasteiger partial charge in [0.2, 0.25) is 0 Å². The van der Waals surface area contributed by atoms with Crippen LogP contribution in [0.4, 0.5) is 0 Å². The van der Waals surface area contributed by atoms with Gasteiger partial charge in [-0.2, -0.15) is 0 Å². The fourth-order valence-corrected chi connectivity index (χ4v) is 3.45. The third-order valence-electron chi connectivity index (χ3n) is 5.65. The summed E-state index contributed by atoms with van der Waals surface area (Å²) in [7, 11) is 0. The largest absolute Gasteiger partial charge is 0.494 e. The number of hydrogen-bond acceptors (Lipinski definition) is 7. The molecule has 38 heavy (non-hydrogen) atoms. The maximum absolute atomic E-state index is 12.5. The minimum Gasteiger partial charge on any atom is -0.494 e. The molecule has 0 aliphatic carbocycles. The minimum absolute atomic E-state index is 0.318. The monoisotopic (exact) mass is 516 g/mol. The number of unbranched alkanes of at least 4 members (excludes halogenated alkanes) is 3. The topological polar surface area (TPSA) is 88.1 Å². The zero-order chi connectivity index (χ0) is 27.2. The first-order valence-electron chi connectivity index (χ1n) is 12.6. The molecule has 0 aliphatic heterocycles. The van der Waals surface area contributed by atoms with Gasteiger partial charge in [0.15, 0.2) is 0 Å². The highest BCUT2D eigenvalue weighted by molar-refractivity contribution is 5.92. The molecule has 198 valence electrons. The highest BCUT2D eigenvalue weighted by atomic mass is 16.5. The molecule has 0 N–H and O–H groups in total. The van der Waals surface area contributed by atoms with E-state index in [1.807, 2.05) is 12.1 Å². The number of hydrogen-bond donors (Lipinski definition) is 0. The van der Waals surface area contributed by atoms with Crippen molar-refractivity contribution in [1.29, 1.82) is 0 Å². The number of rotatable bonds is 14. The highest BCUT2D eigenvalue weighted by Crippen LogP contribution is 2.19. The standard InChI is InChI=1S/C31H32O7/c1-3-23-9-15-27(16-10-23)37-31(34)25-13-19-28(20-14-25)38-30(33)24-11-17-26(18-12-24)35-21-7-5-6-8-22-36-29(32)4-2/h4,9-20H,2-3,5-8,21-22H2,1H3. The molecule has 0 radical (unpaired) electrons. The van der Waals surface area contributed by atoms with E-state index >= 15 is 0 Å². The average molecular weight is 517 g/mol. The summed E-state index contributed by atoms with van der Waals surface area (Å²) < 4.78 is 21.5. The molecule has 3 aromatic rings. The second-order valence-corrected chi connectivity index (χ2v) is 8.46. The molecule has 0 aromatic heterocycles. The Kier molecular flexibility index (Phi) is 11.1. The summed E-state index contributed by atoms with van der Waals surface area (Å²) in [5, 5.41) is 0. The van der Waals surface area contributed by atoms with Crippen molar-refractivity contribution >= 4 is 17.9 Å². The van der Waals surface area contributed by atoms with Crippen LogP contribution >= 0.6 is 0 Å². The van der Waals surface area contributed by atoms with Crippen molar-refractivity contribution in [2.45, 2.75) is 39.0 Å². The van der Waals surface area contributed by atoms with Crippen molar-refractivity contribution in [3.63, 3.8) is 0 Å². The third-order valence-corrected chi connectivity index (χ3v) is 5.65. The molecular formula is C31H32O7. The molecular weight excluding hydrogens is 484 g/mol. The van der Waals surface area contributed by atoms with Crippen molar-refractivity contribution in [3.8, 4) is 17.2 Å². The first kappa shape index (κ1) is 28.2. The van der Waals surface area contributed by atoms with E-state index in [4.69, 9.17) is 18.9 Å². The third kappa shape index (κ3) is 9.24. The number of esters is 3. The molecule has 0 unspecified atom stereocenters. The molecule has 7 heteroatoms. The number of carbonyl (C=O) groups is 3. The second kappa shape index (κ2) is 15.0. The Labute approximate surface area is 223 Å². The zero-order valence-electron chi connectivity index (χ0n) is 21.5. The van der Waals surface area contributed by atoms with Crippen molar-refractivity contribution in [2.24, 2.45) is 0 Å². The molecule has 0 spiro atoms. The predicted molar refractivity (Wildman–Crippen MR) is 144 cm³/mol. The fraction of sp³-hybridized carbons (Fsp3) is 0.258. The quantitative estimate of drug-likeness (QED) is 0.107. The van der Waals surface area contributed by atoms with E-state index in [1.165, 1.54) is 0 Å². The van der Waals surface area contributed by atoms with Gasteiger partial charge in [-0.05, 0) is 98.3 Å². The van der Waals surface area contributed by atoms with Crippen LogP contribution in [0.2, 0.25) is 0 Å². The van der Waals surface area contributed by atoms with E-state index in [0.717, 1.165) is 43.7 Å².